The molecule has 0 saturated carbocycles. The molecule has 82 valence electrons. The Morgan fingerprint density at radius 2 is 2.31 bits per heavy atom. The summed E-state index contributed by atoms with van der Waals surface area (Å²) in [5, 5.41) is 10.6. The Bertz CT molecular complexity index is 469. The first kappa shape index (κ1) is 9.14. The van der Waals surface area contributed by atoms with Gasteiger partial charge < -0.3 is 4.90 Å². The molecule has 0 radical (unpaired) electrons. The minimum atomic E-state index is 0.000839. The van der Waals surface area contributed by atoms with Crippen molar-refractivity contribution in [3.8, 4) is 0 Å². The number of likely N-dealkylation sites (tertiary alicyclic amines) is 1. The van der Waals surface area contributed by atoms with Gasteiger partial charge in [-0.15, -0.1) is 0 Å². The molecule has 1 aliphatic rings. The van der Waals surface area contributed by atoms with E-state index in [0.717, 1.165) is 0 Å². The average molecular weight is 217 g/mol. The molecule has 1 aliphatic heterocycles. The zero-order chi connectivity index (χ0) is 11.0. The fraction of sp³-hybridized carbons (Fsp3) is 0.300. The third-order valence-corrected chi connectivity index (χ3v) is 2.78. The summed E-state index contributed by atoms with van der Waals surface area (Å²) in [6.07, 6.45) is 5.25. The molecule has 0 aliphatic carbocycles. The first-order valence-electron chi connectivity index (χ1n) is 5.12. The number of nitrogens with one attached hydrogen (secondary N) is 1. The van der Waals surface area contributed by atoms with E-state index in [1.807, 2.05) is 16.9 Å². The molecule has 0 atom stereocenters. The van der Waals surface area contributed by atoms with E-state index in [-0.39, 0.29) is 5.91 Å². The topological polar surface area (TPSA) is 66.8 Å². The number of amides is 1. The molecule has 1 saturated heterocycles. The summed E-state index contributed by atoms with van der Waals surface area (Å²) < 4.78 is 1.89. The minimum absolute atomic E-state index is 0.000839. The van der Waals surface area contributed by atoms with Gasteiger partial charge in [0.15, 0.2) is 0 Å². The predicted octanol–water partition coefficient (Wildman–Crippen LogP) is 0.303. The molecule has 0 spiro atoms. The first-order chi connectivity index (χ1) is 7.84. The van der Waals surface area contributed by atoms with Gasteiger partial charge in [0.25, 0.3) is 5.91 Å². The molecule has 2 aromatic heterocycles. The van der Waals surface area contributed by atoms with Gasteiger partial charge >= 0.3 is 0 Å². The van der Waals surface area contributed by atoms with E-state index in [9.17, 15) is 4.79 Å². The van der Waals surface area contributed by atoms with E-state index in [2.05, 4.69) is 15.3 Å². The Kier molecular flexibility index (Phi) is 1.99. The smallest absolute Gasteiger partial charge is 0.272 e. The van der Waals surface area contributed by atoms with Gasteiger partial charge in [0, 0.05) is 31.7 Å². The zero-order valence-corrected chi connectivity index (χ0v) is 8.58. The summed E-state index contributed by atoms with van der Waals surface area (Å²) in [7, 11) is 0. The first-order valence-corrected chi connectivity index (χ1v) is 5.12. The summed E-state index contributed by atoms with van der Waals surface area (Å²) in [6.45, 7) is 1.42. The highest BCUT2D eigenvalue weighted by Crippen LogP contribution is 2.21. The van der Waals surface area contributed by atoms with Crippen LogP contribution in [0.2, 0.25) is 0 Å². The molecule has 3 rings (SSSR count). The van der Waals surface area contributed by atoms with Crippen LogP contribution in [0.5, 0.6) is 0 Å². The summed E-state index contributed by atoms with van der Waals surface area (Å²) in [5.74, 6) is 0.000839. The van der Waals surface area contributed by atoms with Gasteiger partial charge in [-0.2, -0.15) is 10.2 Å². The number of H-pyrrole nitrogens is 1. The molecule has 16 heavy (non-hydrogen) atoms. The lowest BCUT2D eigenvalue weighted by molar-refractivity contribution is 0.0495. The quantitative estimate of drug-likeness (QED) is 0.786. The van der Waals surface area contributed by atoms with Crippen LogP contribution in [-0.4, -0.2) is 43.9 Å². The Morgan fingerprint density at radius 3 is 2.94 bits per heavy atom. The van der Waals surface area contributed by atoms with Crippen LogP contribution >= 0.6 is 0 Å². The molecule has 6 heteroatoms. The Balaban J connectivity index is 1.64. The monoisotopic (exact) mass is 217 g/mol. The Morgan fingerprint density at radius 1 is 1.44 bits per heavy atom. The maximum atomic E-state index is 11.8. The van der Waals surface area contributed by atoms with Crippen LogP contribution < -0.4 is 0 Å². The fourth-order valence-corrected chi connectivity index (χ4v) is 1.83. The van der Waals surface area contributed by atoms with Gasteiger partial charge in [-0.1, -0.05) is 0 Å². The van der Waals surface area contributed by atoms with Gasteiger partial charge in [-0.05, 0) is 12.1 Å². The standard InChI is InChI=1S/C10H11N5O/c16-10(9-2-4-11-13-9)14-6-8(7-14)15-5-1-3-12-15/h1-5,8H,6-7H2,(H,11,13). The number of nitrogens with zero attached hydrogens (tertiary/aromatic N) is 4. The summed E-state index contributed by atoms with van der Waals surface area (Å²) in [6, 6.07) is 3.88. The molecule has 0 unspecified atom stereocenters. The zero-order valence-electron chi connectivity index (χ0n) is 8.58. The molecule has 3 heterocycles. The molecular weight excluding hydrogens is 206 g/mol. The average Bonchev–Trinajstić information content (AvgIpc) is 2.88. The van der Waals surface area contributed by atoms with Crippen LogP contribution in [0, 0.1) is 0 Å². The van der Waals surface area contributed by atoms with Gasteiger partial charge in [0.2, 0.25) is 0 Å². The number of hydrogen-bond acceptors (Lipinski definition) is 3. The van der Waals surface area contributed by atoms with Crippen LogP contribution in [0.15, 0.2) is 30.7 Å². The van der Waals surface area contributed by atoms with Crippen LogP contribution in [-0.2, 0) is 0 Å². The van der Waals surface area contributed by atoms with Gasteiger partial charge in [0.05, 0.1) is 6.04 Å². The van der Waals surface area contributed by atoms with E-state index in [4.69, 9.17) is 0 Å². The Hall–Kier alpha value is -2.11. The number of carbonyl (C=O) groups excluding carboxylic acids is 1. The van der Waals surface area contributed by atoms with E-state index in [1.165, 1.54) is 0 Å². The number of carbonyl (C=O) groups is 1. The highest BCUT2D eigenvalue weighted by Gasteiger charge is 2.32. The Labute approximate surface area is 91.9 Å². The normalized spacial score (nSPS) is 16.1. The number of hydrogen-bond donors (Lipinski definition) is 1. The van der Waals surface area contributed by atoms with Crippen molar-refractivity contribution in [3.63, 3.8) is 0 Å². The minimum Gasteiger partial charge on any atom is -0.333 e. The van der Waals surface area contributed by atoms with Crippen molar-refractivity contribution in [2.75, 3.05) is 13.1 Å². The van der Waals surface area contributed by atoms with Crippen LogP contribution in [0.4, 0.5) is 0 Å². The lowest BCUT2D eigenvalue weighted by atomic mass is 10.1. The molecule has 1 amide bonds. The maximum Gasteiger partial charge on any atom is 0.272 e. The van der Waals surface area contributed by atoms with Crippen molar-refractivity contribution in [2.45, 2.75) is 6.04 Å². The molecule has 6 nitrogen and oxygen atoms in total. The second-order valence-corrected chi connectivity index (χ2v) is 3.82. The highest BCUT2D eigenvalue weighted by molar-refractivity contribution is 5.92. The highest BCUT2D eigenvalue weighted by atomic mass is 16.2. The second kappa shape index (κ2) is 3.48. The number of aromatic amines is 1. The third-order valence-electron chi connectivity index (χ3n) is 2.78. The summed E-state index contributed by atoms with van der Waals surface area (Å²) >= 11 is 0. The maximum absolute atomic E-state index is 11.8. The lowest BCUT2D eigenvalue weighted by Gasteiger charge is -2.38. The van der Waals surface area contributed by atoms with Crippen molar-refractivity contribution in [1.82, 2.24) is 24.9 Å². The van der Waals surface area contributed by atoms with Crippen molar-refractivity contribution in [3.05, 3.63) is 36.4 Å². The van der Waals surface area contributed by atoms with Crippen molar-refractivity contribution < 1.29 is 4.79 Å². The molecule has 1 fully saturated rings. The fourth-order valence-electron chi connectivity index (χ4n) is 1.83. The second-order valence-electron chi connectivity index (χ2n) is 3.82. The predicted molar refractivity (Wildman–Crippen MR) is 55.8 cm³/mol. The molecule has 0 aromatic carbocycles. The molecular formula is C10H11N5O. The molecule has 2 aromatic rings. The van der Waals surface area contributed by atoms with Gasteiger partial charge in [0.1, 0.15) is 5.69 Å². The van der Waals surface area contributed by atoms with E-state index >= 15 is 0 Å². The molecule has 0 bridgehead atoms. The van der Waals surface area contributed by atoms with Crippen LogP contribution in [0.25, 0.3) is 0 Å². The van der Waals surface area contributed by atoms with Gasteiger partial charge in [-0.25, -0.2) is 0 Å². The lowest BCUT2D eigenvalue weighted by Crippen LogP contribution is -2.50. The van der Waals surface area contributed by atoms with Crippen molar-refractivity contribution in [1.29, 1.82) is 0 Å². The third kappa shape index (κ3) is 1.39. The van der Waals surface area contributed by atoms with E-state index < -0.39 is 0 Å². The van der Waals surface area contributed by atoms with E-state index in [0.29, 0.717) is 24.8 Å². The van der Waals surface area contributed by atoms with Crippen molar-refractivity contribution >= 4 is 5.91 Å². The molecule has 1 N–H and O–H groups in total. The number of aromatic nitrogens is 4. The summed E-state index contributed by atoms with van der Waals surface area (Å²) in [5.41, 5.74) is 0.541. The van der Waals surface area contributed by atoms with Crippen LogP contribution in [0.1, 0.15) is 16.5 Å². The van der Waals surface area contributed by atoms with Crippen LogP contribution in [0.3, 0.4) is 0 Å². The summed E-state index contributed by atoms with van der Waals surface area (Å²) in [4.78, 5) is 13.6. The number of rotatable bonds is 2. The van der Waals surface area contributed by atoms with Crippen molar-refractivity contribution in [2.24, 2.45) is 0 Å². The SMILES string of the molecule is O=C(c1ccn[nH]1)N1CC(n2cccn2)C1. The largest absolute Gasteiger partial charge is 0.333 e. The van der Waals surface area contributed by atoms with E-state index in [1.54, 1.807) is 23.4 Å². The van der Waals surface area contributed by atoms with Gasteiger partial charge in [-0.3, -0.25) is 14.6 Å².